The van der Waals surface area contributed by atoms with Crippen molar-refractivity contribution in [2.24, 2.45) is 5.73 Å². The van der Waals surface area contributed by atoms with E-state index in [1.54, 1.807) is 12.1 Å². The number of nitrogens with one attached hydrogen (secondary N) is 1. The van der Waals surface area contributed by atoms with Gasteiger partial charge < -0.3 is 20.5 Å². The third kappa shape index (κ3) is 5.52. The Morgan fingerprint density at radius 3 is 2.47 bits per heavy atom. The molecule has 0 radical (unpaired) electrons. The highest BCUT2D eigenvalue weighted by Crippen LogP contribution is 2.36. The molecule has 38 heavy (non-hydrogen) atoms. The number of alkyl halides is 3. The van der Waals surface area contributed by atoms with Crippen LogP contribution in [0.4, 0.5) is 18.2 Å². The van der Waals surface area contributed by atoms with Crippen LogP contribution in [-0.4, -0.2) is 41.3 Å². The second-order valence-electron chi connectivity index (χ2n) is 8.64. The number of esters is 1. The van der Waals surface area contributed by atoms with Crippen molar-refractivity contribution in [2.45, 2.75) is 45.3 Å². The normalized spacial score (nSPS) is 13.1. The van der Waals surface area contributed by atoms with Crippen molar-refractivity contribution in [1.29, 1.82) is 0 Å². The second kappa shape index (κ2) is 10.9. The molecule has 9 nitrogen and oxygen atoms in total. The number of ether oxygens (including phenoxy) is 2. The van der Waals surface area contributed by atoms with Crippen molar-refractivity contribution in [3.8, 4) is 5.75 Å². The Balaban J connectivity index is 1.41. The van der Waals surface area contributed by atoms with Gasteiger partial charge in [0.25, 0.3) is 11.8 Å². The zero-order valence-electron chi connectivity index (χ0n) is 20.6. The summed E-state index contributed by atoms with van der Waals surface area (Å²) in [5.74, 6) is -1.57. The number of fused-ring (bicyclic) bond motifs is 1. The van der Waals surface area contributed by atoms with Gasteiger partial charge in [-0.15, -0.1) is 11.3 Å². The van der Waals surface area contributed by atoms with Gasteiger partial charge in [-0.05, 0) is 62.4 Å². The van der Waals surface area contributed by atoms with Gasteiger partial charge >= 0.3 is 12.1 Å². The van der Waals surface area contributed by atoms with E-state index >= 15 is 0 Å². The van der Waals surface area contributed by atoms with Crippen molar-refractivity contribution >= 4 is 34.1 Å². The lowest BCUT2D eigenvalue weighted by atomic mass is 9.95. The van der Waals surface area contributed by atoms with Crippen LogP contribution in [0.5, 0.6) is 5.75 Å². The zero-order valence-corrected chi connectivity index (χ0v) is 21.4. The van der Waals surface area contributed by atoms with Crippen molar-refractivity contribution in [1.82, 2.24) is 9.78 Å². The fraction of sp³-hybridized carbons (Fsp3) is 0.360. The molecule has 2 amide bonds. The predicted octanol–water partition coefficient (Wildman–Crippen LogP) is 4.37. The van der Waals surface area contributed by atoms with Gasteiger partial charge in [-0.25, -0.2) is 4.79 Å². The maximum absolute atomic E-state index is 13.4. The summed E-state index contributed by atoms with van der Waals surface area (Å²) in [5.41, 5.74) is 6.04. The number of thiophene rings is 1. The van der Waals surface area contributed by atoms with Gasteiger partial charge in [0.15, 0.2) is 5.69 Å². The molecular weight excluding hydrogens is 525 g/mol. The van der Waals surface area contributed by atoms with Crippen LogP contribution in [0.25, 0.3) is 0 Å². The fourth-order valence-electron chi connectivity index (χ4n) is 4.40. The van der Waals surface area contributed by atoms with E-state index in [0.717, 1.165) is 17.8 Å². The summed E-state index contributed by atoms with van der Waals surface area (Å²) in [6.07, 6.45) is -2.06. The van der Waals surface area contributed by atoms with E-state index in [-0.39, 0.29) is 39.7 Å². The number of nitrogens with zero attached hydrogens (tertiary/aromatic N) is 2. The van der Waals surface area contributed by atoms with Crippen LogP contribution in [0.3, 0.4) is 0 Å². The number of nitrogens with two attached hydrogens (primary N) is 1. The van der Waals surface area contributed by atoms with Gasteiger partial charge in [-0.2, -0.15) is 18.3 Å². The minimum Gasteiger partial charge on any atom is -0.492 e. The van der Waals surface area contributed by atoms with Crippen LogP contribution < -0.4 is 15.8 Å². The third-order valence-electron chi connectivity index (χ3n) is 6.20. The molecule has 2 aromatic heterocycles. The number of aromatic nitrogens is 2. The van der Waals surface area contributed by atoms with Crippen LogP contribution in [0.1, 0.15) is 65.7 Å². The van der Waals surface area contributed by atoms with Crippen LogP contribution in [-0.2, 0) is 30.3 Å². The highest BCUT2D eigenvalue weighted by atomic mass is 32.1. The minimum atomic E-state index is -4.50. The average Bonchev–Trinajstić information content (AvgIpc) is 3.42. The maximum Gasteiger partial charge on any atom is 0.435 e. The summed E-state index contributed by atoms with van der Waals surface area (Å²) in [6.45, 7) is 1.77. The Morgan fingerprint density at radius 2 is 1.84 bits per heavy atom. The molecule has 0 atom stereocenters. The Kier molecular flexibility index (Phi) is 7.76. The van der Waals surface area contributed by atoms with Crippen LogP contribution in [0.2, 0.25) is 0 Å². The Morgan fingerprint density at radius 1 is 1.16 bits per heavy atom. The summed E-state index contributed by atoms with van der Waals surface area (Å²) in [7, 11) is 1.18. The number of carbonyl (C=O) groups is 3. The highest BCUT2D eigenvalue weighted by Gasteiger charge is 2.39. The van der Waals surface area contributed by atoms with Crippen molar-refractivity contribution < 1.29 is 37.0 Å². The molecule has 0 saturated heterocycles. The summed E-state index contributed by atoms with van der Waals surface area (Å²) >= 11 is 0.875. The van der Waals surface area contributed by atoms with Crippen LogP contribution >= 0.6 is 11.3 Å². The summed E-state index contributed by atoms with van der Waals surface area (Å²) in [6, 6.07) is 6.08. The molecule has 0 fully saturated rings. The number of amides is 2. The topological polar surface area (TPSA) is 126 Å². The molecule has 202 valence electrons. The molecule has 1 aromatic carbocycles. The molecule has 0 bridgehead atoms. The number of hydrogen-bond acceptors (Lipinski definition) is 7. The minimum absolute atomic E-state index is 0.0501. The van der Waals surface area contributed by atoms with E-state index in [9.17, 15) is 27.6 Å². The Labute approximate surface area is 219 Å². The molecule has 4 rings (SSSR count). The monoisotopic (exact) mass is 550 g/mol. The second-order valence-corrected chi connectivity index (χ2v) is 9.67. The average molecular weight is 551 g/mol. The van der Waals surface area contributed by atoms with E-state index in [0.29, 0.717) is 36.3 Å². The summed E-state index contributed by atoms with van der Waals surface area (Å²) in [4.78, 5) is 36.8. The largest absolute Gasteiger partial charge is 0.492 e. The third-order valence-corrected chi connectivity index (χ3v) is 7.42. The van der Waals surface area contributed by atoms with Gasteiger partial charge in [-0.3, -0.25) is 14.3 Å². The highest BCUT2D eigenvalue weighted by molar-refractivity contribution is 7.18. The number of carbonyl (C=O) groups excluding carboxylic acids is 3. The summed E-state index contributed by atoms with van der Waals surface area (Å²) < 4.78 is 51.9. The zero-order chi connectivity index (χ0) is 27.6. The number of primary amides is 1. The number of hydrogen-bond donors (Lipinski definition) is 2. The first kappa shape index (κ1) is 27.2. The van der Waals surface area contributed by atoms with Crippen LogP contribution in [0, 0.1) is 6.92 Å². The SMILES string of the molecule is COC(=O)c1c(NC(=O)c2ccc(OCCn3nc(C(F)(F)F)c4c3CCCC4)cc2)sc(C(N)=O)c1C. The van der Waals surface area contributed by atoms with Gasteiger partial charge in [-0.1, -0.05) is 0 Å². The van der Waals surface area contributed by atoms with Crippen molar-refractivity contribution in [3.05, 3.63) is 62.8 Å². The standard InChI is InChI=1S/C25H25F3N4O5S/c1-13-18(24(35)36-2)23(38-19(13)21(29)33)30-22(34)14-7-9-15(10-8-14)37-12-11-32-17-6-4-3-5-16(17)20(31-32)25(26,27)28/h7-10H,3-6,11-12H2,1-2H3,(H2,29,33)(H,30,34). The molecule has 13 heteroatoms. The number of rotatable bonds is 8. The summed E-state index contributed by atoms with van der Waals surface area (Å²) in [5, 5.41) is 6.56. The first-order valence-electron chi connectivity index (χ1n) is 11.7. The van der Waals surface area contributed by atoms with Crippen molar-refractivity contribution in [3.63, 3.8) is 0 Å². The molecule has 2 heterocycles. The van der Waals surface area contributed by atoms with E-state index < -0.39 is 29.7 Å². The lowest BCUT2D eigenvalue weighted by molar-refractivity contribution is -0.142. The molecule has 0 spiro atoms. The van der Waals surface area contributed by atoms with E-state index in [1.165, 1.54) is 30.8 Å². The lowest BCUT2D eigenvalue weighted by Crippen LogP contribution is -2.15. The molecule has 1 aliphatic carbocycles. The molecular formula is C25H25F3N4O5S. The molecule has 1 aliphatic rings. The van der Waals surface area contributed by atoms with Gasteiger partial charge in [0, 0.05) is 16.8 Å². The Bertz CT molecular complexity index is 1380. The van der Waals surface area contributed by atoms with Gasteiger partial charge in [0.2, 0.25) is 0 Å². The quantitative estimate of drug-likeness (QED) is 0.402. The molecule has 0 unspecified atom stereocenters. The smallest absolute Gasteiger partial charge is 0.435 e. The molecule has 0 aliphatic heterocycles. The van der Waals surface area contributed by atoms with Crippen LogP contribution in [0.15, 0.2) is 24.3 Å². The van der Waals surface area contributed by atoms with E-state index in [2.05, 4.69) is 10.4 Å². The maximum atomic E-state index is 13.4. The van der Waals surface area contributed by atoms with Gasteiger partial charge in [0.1, 0.15) is 17.4 Å². The number of benzene rings is 1. The fourth-order valence-corrected chi connectivity index (χ4v) is 5.44. The first-order valence-corrected chi connectivity index (χ1v) is 12.5. The Hall–Kier alpha value is -3.87. The van der Waals surface area contributed by atoms with E-state index in [1.807, 2.05) is 0 Å². The molecule has 0 saturated carbocycles. The predicted molar refractivity (Wildman–Crippen MR) is 133 cm³/mol. The molecule has 3 N–H and O–H groups in total. The number of anilines is 1. The first-order chi connectivity index (χ1) is 18.0. The van der Waals surface area contributed by atoms with Crippen molar-refractivity contribution in [2.75, 3.05) is 19.0 Å². The van der Waals surface area contributed by atoms with Gasteiger partial charge in [0.05, 0.1) is 24.1 Å². The number of halogens is 3. The van der Waals surface area contributed by atoms with E-state index in [4.69, 9.17) is 15.2 Å². The number of methoxy groups -OCH3 is 1. The lowest BCUT2D eigenvalue weighted by Gasteiger charge is -2.15. The molecule has 3 aromatic rings.